The quantitative estimate of drug-likeness (QED) is 0.781. The number of nitriles is 2. The van der Waals surface area contributed by atoms with E-state index in [9.17, 15) is 10.5 Å². The third-order valence-electron chi connectivity index (χ3n) is 2.14. The van der Waals surface area contributed by atoms with Crippen LogP contribution < -0.4 is 0 Å². The summed E-state index contributed by atoms with van der Waals surface area (Å²) in [4.78, 5) is 2.22. The lowest BCUT2D eigenvalue weighted by molar-refractivity contribution is 1.16. The van der Waals surface area contributed by atoms with Gasteiger partial charge in [-0.2, -0.15) is 10.5 Å². The number of halogens is 1. The molecule has 0 aliphatic carbocycles. The summed E-state index contributed by atoms with van der Waals surface area (Å²) in [5.74, 6) is 0. The van der Waals surface area contributed by atoms with Crippen molar-refractivity contribution in [3.63, 3.8) is 0 Å². The highest BCUT2D eigenvalue weighted by Crippen LogP contribution is 2.43. The van der Waals surface area contributed by atoms with Crippen LogP contribution in [0.5, 0.6) is 0 Å². The van der Waals surface area contributed by atoms with Crippen molar-refractivity contribution in [3.8, 4) is 12.1 Å². The molecular weight excluding hydrogens is 292 g/mol. The first-order valence-electron chi connectivity index (χ1n) is 4.47. The van der Waals surface area contributed by atoms with E-state index in [4.69, 9.17) is 11.6 Å². The molecule has 0 radical (unpaired) electrons. The molecule has 1 aromatic rings. The van der Waals surface area contributed by atoms with Crippen LogP contribution in [-0.2, 0) is 0 Å². The van der Waals surface area contributed by atoms with Crippen LogP contribution in [-0.4, -0.2) is 18.8 Å². The van der Waals surface area contributed by atoms with Gasteiger partial charge in [-0.15, -0.1) is 35.3 Å². The van der Waals surface area contributed by atoms with Gasteiger partial charge in [-0.25, -0.2) is 0 Å². The Labute approximate surface area is 119 Å². The van der Waals surface area contributed by atoms with Crippen molar-refractivity contribution in [3.05, 3.63) is 16.1 Å². The van der Waals surface area contributed by atoms with Crippen molar-refractivity contribution < 1.29 is 0 Å². The average Bonchev–Trinajstić information content (AvgIpc) is 2.36. The van der Waals surface area contributed by atoms with E-state index >= 15 is 0 Å². The number of thioether (sulfide) groups is 3. The van der Waals surface area contributed by atoms with Gasteiger partial charge in [0.2, 0.25) is 0 Å². The minimum absolute atomic E-state index is 0.504. The summed E-state index contributed by atoms with van der Waals surface area (Å²) in [7, 11) is 0. The Balaban J connectivity index is 3.82. The van der Waals surface area contributed by atoms with Crippen molar-refractivity contribution in [2.75, 3.05) is 18.8 Å². The predicted molar refractivity (Wildman–Crippen MR) is 76.2 cm³/mol. The van der Waals surface area contributed by atoms with Crippen molar-refractivity contribution in [1.29, 1.82) is 10.5 Å². The van der Waals surface area contributed by atoms with Crippen LogP contribution in [0.4, 0.5) is 0 Å². The molecule has 0 saturated heterocycles. The zero-order chi connectivity index (χ0) is 13.0. The number of nitrogens with zero attached hydrogens (tertiary/aromatic N) is 2. The smallest absolute Gasteiger partial charge is 0.102 e. The molecule has 0 saturated carbocycles. The van der Waals surface area contributed by atoms with Gasteiger partial charge in [-0.1, -0.05) is 11.6 Å². The van der Waals surface area contributed by atoms with E-state index in [1.807, 2.05) is 18.8 Å². The summed E-state index contributed by atoms with van der Waals surface area (Å²) in [5.41, 5.74) is 1.01. The molecule has 1 rings (SSSR count). The first-order valence-corrected chi connectivity index (χ1v) is 8.53. The standard InChI is InChI=1S/C11H9ClN2S3/c1-15-9-6(4-13)10(16-2)8(12)11(17-3)7(9)5-14/h1-3H3. The van der Waals surface area contributed by atoms with Crippen LogP contribution in [0.2, 0.25) is 5.02 Å². The normalized spacial score (nSPS) is 9.76. The van der Waals surface area contributed by atoms with E-state index in [-0.39, 0.29) is 0 Å². The summed E-state index contributed by atoms with van der Waals surface area (Å²) < 4.78 is 0. The molecular formula is C11H9ClN2S3. The third kappa shape index (κ3) is 2.53. The van der Waals surface area contributed by atoms with Crippen LogP contribution in [0.15, 0.2) is 14.7 Å². The maximum Gasteiger partial charge on any atom is 0.102 e. The molecule has 0 aliphatic rings. The second-order valence-electron chi connectivity index (χ2n) is 2.89. The lowest BCUT2D eigenvalue weighted by Crippen LogP contribution is -1.95. The number of benzene rings is 1. The topological polar surface area (TPSA) is 47.6 Å². The highest BCUT2D eigenvalue weighted by Gasteiger charge is 2.21. The molecule has 0 heterocycles. The predicted octanol–water partition coefficient (Wildman–Crippen LogP) is 4.25. The number of rotatable bonds is 3. The molecule has 0 N–H and O–H groups in total. The van der Waals surface area contributed by atoms with Crippen molar-refractivity contribution in [2.24, 2.45) is 0 Å². The fourth-order valence-corrected chi connectivity index (χ4v) is 4.26. The fourth-order valence-electron chi connectivity index (χ4n) is 1.44. The van der Waals surface area contributed by atoms with E-state index in [1.165, 1.54) is 35.3 Å². The van der Waals surface area contributed by atoms with E-state index in [0.717, 1.165) is 9.79 Å². The Morgan fingerprint density at radius 3 is 1.41 bits per heavy atom. The maximum atomic E-state index is 9.22. The number of hydrogen-bond acceptors (Lipinski definition) is 5. The Morgan fingerprint density at radius 1 is 0.824 bits per heavy atom. The van der Waals surface area contributed by atoms with E-state index < -0.39 is 0 Å². The minimum atomic E-state index is 0.504. The van der Waals surface area contributed by atoms with Gasteiger partial charge in [0.1, 0.15) is 12.1 Å². The van der Waals surface area contributed by atoms with Crippen LogP contribution in [0.1, 0.15) is 11.1 Å². The highest BCUT2D eigenvalue weighted by atomic mass is 35.5. The Kier molecular flexibility index (Phi) is 5.55. The summed E-state index contributed by atoms with van der Waals surface area (Å²) >= 11 is 10.5. The van der Waals surface area contributed by atoms with Gasteiger partial charge in [-0.3, -0.25) is 0 Å². The first-order chi connectivity index (χ1) is 8.15. The van der Waals surface area contributed by atoms with Crippen LogP contribution in [0, 0.1) is 22.7 Å². The molecule has 0 bridgehead atoms. The van der Waals surface area contributed by atoms with Crippen molar-refractivity contribution >= 4 is 46.9 Å². The Hall–Kier alpha value is -0.460. The summed E-state index contributed by atoms with van der Waals surface area (Å²) in [6.07, 6.45) is 5.61. The minimum Gasteiger partial charge on any atom is -0.192 e. The van der Waals surface area contributed by atoms with Crippen LogP contribution >= 0.6 is 46.9 Å². The summed E-state index contributed by atoms with van der Waals surface area (Å²) in [5, 5.41) is 18.9. The zero-order valence-corrected chi connectivity index (χ0v) is 12.7. The second kappa shape index (κ2) is 6.47. The van der Waals surface area contributed by atoms with Gasteiger partial charge < -0.3 is 0 Å². The molecule has 2 nitrogen and oxygen atoms in total. The van der Waals surface area contributed by atoms with Gasteiger partial charge in [0.15, 0.2) is 0 Å². The molecule has 0 spiro atoms. The molecule has 1 aromatic carbocycles. The zero-order valence-electron chi connectivity index (χ0n) is 9.50. The van der Waals surface area contributed by atoms with Gasteiger partial charge in [-0.05, 0) is 18.8 Å². The summed E-state index contributed by atoms with van der Waals surface area (Å²) in [6, 6.07) is 4.29. The lowest BCUT2D eigenvalue weighted by atomic mass is 10.1. The van der Waals surface area contributed by atoms with Gasteiger partial charge in [0.05, 0.1) is 16.1 Å². The van der Waals surface area contributed by atoms with Crippen molar-refractivity contribution in [2.45, 2.75) is 14.7 Å². The van der Waals surface area contributed by atoms with Gasteiger partial charge in [0.25, 0.3) is 0 Å². The largest absolute Gasteiger partial charge is 0.192 e. The summed E-state index contributed by atoms with van der Waals surface area (Å²) in [6.45, 7) is 0. The second-order valence-corrected chi connectivity index (χ2v) is 5.71. The van der Waals surface area contributed by atoms with Crippen LogP contribution in [0.3, 0.4) is 0 Å². The monoisotopic (exact) mass is 300 g/mol. The molecule has 0 amide bonds. The Bertz CT molecular complexity index is 486. The SMILES string of the molecule is CSc1c(Cl)c(SC)c(C#N)c(SC)c1C#N. The van der Waals surface area contributed by atoms with Gasteiger partial charge >= 0.3 is 0 Å². The molecule has 6 heteroatoms. The highest BCUT2D eigenvalue weighted by molar-refractivity contribution is 8.00. The molecule has 0 aliphatic heterocycles. The molecule has 0 aromatic heterocycles. The van der Waals surface area contributed by atoms with E-state index in [2.05, 4.69) is 12.1 Å². The molecule has 17 heavy (non-hydrogen) atoms. The third-order valence-corrected chi connectivity index (χ3v) is 5.19. The molecule has 88 valence electrons. The van der Waals surface area contributed by atoms with E-state index in [0.29, 0.717) is 21.0 Å². The average molecular weight is 301 g/mol. The number of hydrogen-bond donors (Lipinski definition) is 0. The molecule has 0 unspecified atom stereocenters. The van der Waals surface area contributed by atoms with Crippen LogP contribution in [0.25, 0.3) is 0 Å². The maximum absolute atomic E-state index is 9.22. The molecule has 0 atom stereocenters. The lowest BCUT2D eigenvalue weighted by Gasteiger charge is -2.14. The van der Waals surface area contributed by atoms with E-state index in [1.54, 1.807) is 0 Å². The fraction of sp³-hybridized carbons (Fsp3) is 0.273. The first kappa shape index (κ1) is 14.6. The molecule has 0 fully saturated rings. The van der Waals surface area contributed by atoms with Crippen molar-refractivity contribution in [1.82, 2.24) is 0 Å². The van der Waals surface area contributed by atoms with Gasteiger partial charge in [0, 0.05) is 14.7 Å². The Morgan fingerprint density at radius 2 is 1.18 bits per heavy atom.